The molecule has 0 saturated carbocycles. The van der Waals surface area contributed by atoms with E-state index in [0.717, 1.165) is 0 Å². The summed E-state index contributed by atoms with van der Waals surface area (Å²) in [6, 6.07) is 0.462. The van der Waals surface area contributed by atoms with Crippen LogP contribution in [-0.4, -0.2) is 36.2 Å². The van der Waals surface area contributed by atoms with Crippen LogP contribution in [0, 0.1) is 10.1 Å². The lowest BCUT2D eigenvalue weighted by molar-refractivity contribution is -0.387. The number of morpholine rings is 1. The highest BCUT2D eigenvalue weighted by Crippen LogP contribution is 2.41. The molecule has 2 rings (SSSR count). The second-order valence-electron chi connectivity index (χ2n) is 4.02. The Morgan fingerprint density at radius 1 is 1.40 bits per heavy atom. The van der Waals surface area contributed by atoms with Gasteiger partial charge in [-0.3, -0.25) is 10.1 Å². The second kappa shape index (κ2) is 5.41. The number of rotatable bonds is 2. The molecule has 0 spiro atoms. The van der Waals surface area contributed by atoms with Gasteiger partial charge in [-0.15, -0.1) is 0 Å². The van der Waals surface area contributed by atoms with E-state index in [1.54, 1.807) is 0 Å². The van der Waals surface area contributed by atoms with Gasteiger partial charge in [-0.05, 0) is 6.07 Å². The Bertz CT molecular complexity index is 532. The van der Waals surface area contributed by atoms with Gasteiger partial charge in [0.2, 0.25) is 5.82 Å². The third kappa shape index (κ3) is 2.93. The van der Waals surface area contributed by atoms with E-state index in [1.165, 1.54) is 4.90 Å². The number of aromatic nitrogens is 1. The van der Waals surface area contributed by atoms with Gasteiger partial charge >= 0.3 is 11.9 Å². The van der Waals surface area contributed by atoms with Crippen LogP contribution in [0.1, 0.15) is 5.56 Å². The van der Waals surface area contributed by atoms with E-state index in [0.29, 0.717) is 6.07 Å². The van der Waals surface area contributed by atoms with Gasteiger partial charge in [0.25, 0.3) is 0 Å². The summed E-state index contributed by atoms with van der Waals surface area (Å²) in [5, 5.41) is 10.6. The molecule has 1 aromatic heterocycles. The second-order valence-corrected chi connectivity index (χ2v) is 4.41. The van der Waals surface area contributed by atoms with Crippen molar-refractivity contribution >= 4 is 23.1 Å². The van der Waals surface area contributed by atoms with Crippen molar-refractivity contribution in [3.8, 4) is 0 Å². The number of halogens is 4. The molecule has 20 heavy (non-hydrogen) atoms. The summed E-state index contributed by atoms with van der Waals surface area (Å²) in [6.07, 6.45) is -4.88. The Morgan fingerprint density at radius 3 is 2.50 bits per heavy atom. The molecule has 0 unspecified atom stereocenters. The molecular weight excluding hydrogens is 303 g/mol. The summed E-state index contributed by atoms with van der Waals surface area (Å²) < 4.78 is 43.8. The van der Waals surface area contributed by atoms with Gasteiger partial charge in [-0.1, -0.05) is 11.6 Å². The molecule has 10 heteroatoms. The van der Waals surface area contributed by atoms with Crippen molar-refractivity contribution in [1.82, 2.24) is 4.98 Å². The molecule has 0 aliphatic carbocycles. The summed E-state index contributed by atoms with van der Waals surface area (Å²) >= 11 is 5.56. The van der Waals surface area contributed by atoms with Crippen molar-refractivity contribution in [3.63, 3.8) is 0 Å². The van der Waals surface area contributed by atoms with Gasteiger partial charge in [-0.2, -0.15) is 13.2 Å². The Labute approximate surface area is 116 Å². The van der Waals surface area contributed by atoms with E-state index in [-0.39, 0.29) is 32.1 Å². The van der Waals surface area contributed by atoms with Crippen LogP contribution in [0.15, 0.2) is 6.07 Å². The first-order valence-corrected chi connectivity index (χ1v) is 5.93. The first kappa shape index (κ1) is 14.8. The fourth-order valence-electron chi connectivity index (χ4n) is 1.89. The van der Waals surface area contributed by atoms with Crippen molar-refractivity contribution in [3.05, 3.63) is 26.9 Å². The number of alkyl halides is 3. The van der Waals surface area contributed by atoms with Gasteiger partial charge in [-0.25, -0.2) is 4.98 Å². The summed E-state index contributed by atoms with van der Waals surface area (Å²) in [6.45, 7) is 0.941. The van der Waals surface area contributed by atoms with Crippen LogP contribution in [0.4, 0.5) is 24.7 Å². The molecule has 1 saturated heterocycles. The number of anilines is 1. The van der Waals surface area contributed by atoms with E-state index in [1.807, 2.05) is 0 Å². The molecule has 0 aromatic carbocycles. The molecular formula is C10H9ClF3N3O3. The van der Waals surface area contributed by atoms with Crippen molar-refractivity contribution in [2.24, 2.45) is 0 Å². The minimum Gasteiger partial charge on any atom is -0.378 e. The maximum absolute atomic E-state index is 12.9. The van der Waals surface area contributed by atoms with Crippen molar-refractivity contribution in [2.45, 2.75) is 6.18 Å². The molecule has 1 fully saturated rings. The van der Waals surface area contributed by atoms with E-state index < -0.39 is 27.5 Å². The molecule has 0 amide bonds. The Morgan fingerprint density at radius 2 is 2.00 bits per heavy atom. The number of ether oxygens (including phenoxy) is 1. The molecule has 110 valence electrons. The quantitative estimate of drug-likeness (QED) is 0.477. The van der Waals surface area contributed by atoms with Crippen LogP contribution in [0.5, 0.6) is 0 Å². The van der Waals surface area contributed by atoms with Crippen LogP contribution >= 0.6 is 11.6 Å². The first-order valence-electron chi connectivity index (χ1n) is 5.55. The van der Waals surface area contributed by atoms with Crippen LogP contribution in [-0.2, 0) is 10.9 Å². The molecule has 0 N–H and O–H groups in total. The summed E-state index contributed by atoms with van der Waals surface area (Å²) in [7, 11) is 0. The van der Waals surface area contributed by atoms with Gasteiger partial charge in [0, 0.05) is 13.1 Å². The Kier molecular flexibility index (Phi) is 4.00. The normalized spacial score (nSPS) is 16.3. The average molecular weight is 312 g/mol. The predicted molar refractivity (Wildman–Crippen MR) is 63.9 cm³/mol. The Balaban J connectivity index is 2.60. The third-order valence-corrected chi connectivity index (χ3v) is 2.94. The highest BCUT2D eigenvalue weighted by Gasteiger charge is 2.42. The lowest BCUT2D eigenvalue weighted by Gasteiger charge is -2.28. The summed E-state index contributed by atoms with van der Waals surface area (Å²) in [5.74, 6) is -0.377. The van der Waals surface area contributed by atoms with Gasteiger partial charge < -0.3 is 9.64 Å². The van der Waals surface area contributed by atoms with Crippen LogP contribution < -0.4 is 4.90 Å². The molecule has 6 nitrogen and oxygen atoms in total. The number of nitro groups is 1. The molecule has 1 aliphatic rings. The smallest absolute Gasteiger partial charge is 0.378 e. The van der Waals surface area contributed by atoms with Crippen LogP contribution in [0.2, 0.25) is 5.15 Å². The molecule has 0 atom stereocenters. The SMILES string of the molecule is O=[N+]([O-])c1c(C(F)(F)F)cc(Cl)nc1N1CCOCC1. The van der Waals surface area contributed by atoms with E-state index in [4.69, 9.17) is 16.3 Å². The van der Waals surface area contributed by atoms with E-state index in [9.17, 15) is 23.3 Å². The lowest BCUT2D eigenvalue weighted by Crippen LogP contribution is -2.37. The fourth-order valence-corrected chi connectivity index (χ4v) is 2.08. The number of pyridine rings is 1. The molecule has 1 aliphatic heterocycles. The van der Waals surface area contributed by atoms with Crippen molar-refractivity contribution < 1.29 is 22.8 Å². The van der Waals surface area contributed by atoms with Crippen molar-refractivity contribution in [1.29, 1.82) is 0 Å². The Hall–Kier alpha value is -1.61. The minimum atomic E-state index is -4.88. The minimum absolute atomic E-state index is 0.214. The summed E-state index contributed by atoms with van der Waals surface area (Å²) in [5.41, 5.74) is -2.48. The molecule has 0 radical (unpaired) electrons. The highest BCUT2D eigenvalue weighted by molar-refractivity contribution is 6.29. The predicted octanol–water partition coefficient (Wildman–Crippen LogP) is 2.50. The van der Waals surface area contributed by atoms with E-state index >= 15 is 0 Å². The monoisotopic (exact) mass is 311 g/mol. The number of hydrogen-bond donors (Lipinski definition) is 0. The van der Waals surface area contributed by atoms with Gasteiger partial charge in [0.05, 0.1) is 18.1 Å². The average Bonchev–Trinajstić information content (AvgIpc) is 2.37. The molecule has 1 aromatic rings. The van der Waals surface area contributed by atoms with Gasteiger partial charge in [0.1, 0.15) is 10.7 Å². The number of hydrogen-bond acceptors (Lipinski definition) is 5. The molecule has 2 heterocycles. The van der Waals surface area contributed by atoms with Crippen molar-refractivity contribution in [2.75, 3.05) is 31.2 Å². The summed E-state index contributed by atoms with van der Waals surface area (Å²) in [4.78, 5) is 15.0. The zero-order chi connectivity index (χ0) is 14.9. The largest absolute Gasteiger partial charge is 0.423 e. The third-order valence-electron chi connectivity index (χ3n) is 2.74. The first-order chi connectivity index (χ1) is 9.30. The molecule has 0 bridgehead atoms. The van der Waals surface area contributed by atoms with E-state index in [2.05, 4.69) is 4.98 Å². The zero-order valence-electron chi connectivity index (χ0n) is 9.98. The topological polar surface area (TPSA) is 68.5 Å². The van der Waals surface area contributed by atoms with Crippen LogP contribution in [0.25, 0.3) is 0 Å². The maximum atomic E-state index is 12.9. The zero-order valence-corrected chi connectivity index (χ0v) is 10.7. The van der Waals surface area contributed by atoms with Crippen LogP contribution in [0.3, 0.4) is 0 Å². The van der Waals surface area contributed by atoms with Gasteiger partial charge in [0.15, 0.2) is 0 Å². The standard InChI is InChI=1S/C10H9ClF3N3O3/c11-7-5-6(10(12,13)14)8(17(18)19)9(15-7)16-1-3-20-4-2-16/h5H,1-4H2. The fraction of sp³-hybridized carbons (Fsp3) is 0.500. The number of nitrogens with zero attached hydrogens (tertiary/aromatic N) is 3. The maximum Gasteiger partial charge on any atom is 0.423 e. The highest BCUT2D eigenvalue weighted by atomic mass is 35.5. The lowest BCUT2D eigenvalue weighted by atomic mass is 10.2.